The lowest BCUT2D eigenvalue weighted by Gasteiger charge is -2.32. The number of benzene rings is 2. The van der Waals surface area contributed by atoms with Crippen LogP contribution in [0.25, 0.3) is 0 Å². The molecule has 2 N–H and O–H groups in total. The van der Waals surface area contributed by atoms with E-state index in [1.807, 2.05) is 12.1 Å². The molecular formula is C21H22ClN9O2. The molecule has 0 unspecified atom stereocenters. The van der Waals surface area contributed by atoms with Gasteiger partial charge in [-0.25, -0.2) is 5.43 Å². The number of halogens is 1. The molecule has 33 heavy (non-hydrogen) atoms. The average Bonchev–Trinajstić information content (AvgIpc) is 2.80. The van der Waals surface area contributed by atoms with Crippen molar-refractivity contribution in [3.8, 4) is 0 Å². The first-order chi connectivity index (χ1) is 16.0. The number of likely N-dealkylation sites (N-methyl/N-ethyl adjacent to an activating group) is 1. The predicted octanol–water partition coefficient (Wildman–Crippen LogP) is 3.37. The standard InChI is InChI=1S/C21H22ClN9O2/c1-29-9-11-30(12-10-29)21-26-19(24-17-5-7-18(8-6-17)31(32)33)25-20(27-21)28-23-14-15-3-2-4-16(22)13-15/h2-8,13-14H,9-12H2,1H3,(H2,24,25,26,27,28)/b23-14+. The van der Waals surface area contributed by atoms with Crippen LogP contribution in [0.3, 0.4) is 0 Å². The Hall–Kier alpha value is -3.83. The van der Waals surface area contributed by atoms with Crippen LogP contribution in [0.5, 0.6) is 0 Å². The van der Waals surface area contributed by atoms with Gasteiger partial charge in [0.15, 0.2) is 0 Å². The monoisotopic (exact) mass is 467 g/mol. The molecule has 2 heterocycles. The van der Waals surface area contributed by atoms with Crippen molar-refractivity contribution in [3.05, 3.63) is 69.2 Å². The summed E-state index contributed by atoms with van der Waals surface area (Å²) < 4.78 is 0. The van der Waals surface area contributed by atoms with E-state index >= 15 is 0 Å². The third-order valence-corrected chi connectivity index (χ3v) is 5.21. The number of nitro benzene ring substituents is 1. The Labute approximate surface area is 195 Å². The lowest BCUT2D eigenvalue weighted by Crippen LogP contribution is -2.45. The molecule has 2 aromatic carbocycles. The molecule has 3 aromatic rings. The fraction of sp³-hybridized carbons (Fsp3) is 0.238. The van der Waals surface area contributed by atoms with Crippen LogP contribution in [0, 0.1) is 10.1 Å². The zero-order valence-electron chi connectivity index (χ0n) is 17.8. The van der Waals surface area contributed by atoms with Crippen molar-refractivity contribution in [2.24, 2.45) is 5.10 Å². The first-order valence-corrected chi connectivity index (χ1v) is 10.6. The van der Waals surface area contributed by atoms with Gasteiger partial charge in [-0.2, -0.15) is 20.1 Å². The molecule has 1 fully saturated rings. The van der Waals surface area contributed by atoms with Gasteiger partial charge in [0.1, 0.15) is 0 Å². The van der Waals surface area contributed by atoms with Crippen molar-refractivity contribution in [2.45, 2.75) is 0 Å². The van der Waals surface area contributed by atoms with E-state index in [0.717, 1.165) is 31.7 Å². The number of nitrogens with zero attached hydrogens (tertiary/aromatic N) is 7. The van der Waals surface area contributed by atoms with E-state index in [1.165, 1.54) is 12.1 Å². The summed E-state index contributed by atoms with van der Waals surface area (Å²) in [6.07, 6.45) is 1.62. The summed E-state index contributed by atoms with van der Waals surface area (Å²) in [5.41, 5.74) is 4.30. The number of hydrazone groups is 1. The van der Waals surface area contributed by atoms with Crippen LogP contribution in [0.1, 0.15) is 5.56 Å². The number of non-ortho nitro benzene ring substituents is 1. The molecule has 12 heteroatoms. The van der Waals surface area contributed by atoms with Gasteiger partial charge in [0.2, 0.25) is 17.8 Å². The van der Waals surface area contributed by atoms with Crippen LogP contribution in [0.4, 0.5) is 29.2 Å². The van der Waals surface area contributed by atoms with Crippen LogP contribution in [0.2, 0.25) is 5.02 Å². The van der Waals surface area contributed by atoms with E-state index in [0.29, 0.717) is 22.6 Å². The van der Waals surface area contributed by atoms with E-state index in [2.05, 4.69) is 47.6 Å². The lowest BCUT2D eigenvalue weighted by molar-refractivity contribution is -0.384. The van der Waals surface area contributed by atoms with Crippen molar-refractivity contribution in [1.29, 1.82) is 0 Å². The summed E-state index contributed by atoms with van der Waals surface area (Å²) in [4.78, 5) is 28.2. The van der Waals surface area contributed by atoms with Crippen LogP contribution < -0.4 is 15.6 Å². The first-order valence-electron chi connectivity index (χ1n) is 10.2. The Kier molecular flexibility index (Phi) is 6.91. The topological polar surface area (TPSA) is 125 Å². The smallest absolute Gasteiger partial charge is 0.269 e. The lowest BCUT2D eigenvalue weighted by atomic mass is 10.2. The Morgan fingerprint density at radius 2 is 1.79 bits per heavy atom. The Morgan fingerprint density at radius 3 is 2.48 bits per heavy atom. The molecule has 0 saturated carbocycles. The highest BCUT2D eigenvalue weighted by Crippen LogP contribution is 2.21. The molecule has 11 nitrogen and oxygen atoms in total. The largest absolute Gasteiger partial charge is 0.338 e. The molecule has 0 radical (unpaired) electrons. The molecule has 0 bridgehead atoms. The fourth-order valence-corrected chi connectivity index (χ4v) is 3.36. The second kappa shape index (κ2) is 10.2. The molecule has 170 valence electrons. The van der Waals surface area contributed by atoms with Crippen LogP contribution in [-0.2, 0) is 0 Å². The van der Waals surface area contributed by atoms with Gasteiger partial charge in [-0.1, -0.05) is 23.7 Å². The van der Waals surface area contributed by atoms with Gasteiger partial charge in [-0.05, 0) is 36.9 Å². The van der Waals surface area contributed by atoms with Crippen LogP contribution >= 0.6 is 11.6 Å². The first kappa shape index (κ1) is 22.4. The fourth-order valence-electron chi connectivity index (χ4n) is 3.17. The molecule has 1 aromatic heterocycles. The summed E-state index contributed by atoms with van der Waals surface area (Å²) >= 11 is 6.01. The van der Waals surface area contributed by atoms with Crippen LogP contribution in [0.15, 0.2) is 53.6 Å². The van der Waals surface area contributed by atoms with E-state index in [1.54, 1.807) is 30.5 Å². The minimum absolute atomic E-state index is 0.00651. The highest BCUT2D eigenvalue weighted by atomic mass is 35.5. The van der Waals surface area contributed by atoms with Crippen molar-refractivity contribution >= 4 is 47.0 Å². The second-order valence-corrected chi connectivity index (χ2v) is 7.86. The normalized spacial score (nSPS) is 14.4. The number of anilines is 4. The maximum absolute atomic E-state index is 10.9. The number of nitro groups is 1. The number of hydrogen-bond donors (Lipinski definition) is 2. The van der Waals surface area contributed by atoms with E-state index in [-0.39, 0.29) is 11.6 Å². The Bertz CT molecular complexity index is 1150. The van der Waals surface area contributed by atoms with Gasteiger partial charge in [0.25, 0.3) is 5.69 Å². The van der Waals surface area contributed by atoms with Gasteiger partial charge in [-0.3, -0.25) is 10.1 Å². The van der Waals surface area contributed by atoms with E-state index < -0.39 is 4.92 Å². The molecule has 1 aliphatic rings. The number of piperazine rings is 1. The van der Waals surface area contributed by atoms with E-state index in [4.69, 9.17) is 11.6 Å². The SMILES string of the molecule is CN1CCN(c2nc(N/N=C/c3cccc(Cl)c3)nc(Nc3ccc([N+](=O)[O-])cc3)n2)CC1. The molecule has 4 rings (SSSR count). The Morgan fingerprint density at radius 1 is 1.06 bits per heavy atom. The number of nitrogens with one attached hydrogen (secondary N) is 2. The minimum atomic E-state index is -0.446. The maximum Gasteiger partial charge on any atom is 0.269 e. The summed E-state index contributed by atoms with van der Waals surface area (Å²) in [6, 6.07) is 13.3. The number of aromatic nitrogens is 3. The quantitative estimate of drug-likeness (QED) is 0.305. The number of rotatable bonds is 7. The van der Waals surface area contributed by atoms with Gasteiger partial charge in [-0.15, -0.1) is 0 Å². The molecular weight excluding hydrogens is 446 g/mol. The summed E-state index contributed by atoms with van der Waals surface area (Å²) in [7, 11) is 2.07. The highest BCUT2D eigenvalue weighted by Gasteiger charge is 2.18. The number of hydrogen-bond acceptors (Lipinski definition) is 10. The third kappa shape index (κ3) is 6.11. The van der Waals surface area contributed by atoms with Gasteiger partial charge in [0.05, 0.1) is 11.1 Å². The zero-order chi connectivity index (χ0) is 23.2. The highest BCUT2D eigenvalue weighted by molar-refractivity contribution is 6.30. The van der Waals surface area contributed by atoms with Crippen molar-refractivity contribution in [1.82, 2.24) is 19.9 Å². The summed E-state index contributed by atoms with van der Waals surface area (Å²) in [5.74, 6) is 1.08. The molecule has 0 aliphatic carbocycles. The third-order valence-electron chi connectivity index (χ3n) is 4.97. The molecule has 0 atom stereocenters. The molecule has 1 saturated heterocycles. The van der Waals surface area contributed by atoms with Gasteiger partial charge < -0.3 is 15.1 Å². The average molecular weight is 468 g/mol. The van der Waals surface area contributed by atoms with Gasteiger partial charge >= 0.3 is 0 Å². The summed E-state index contributed by atoms with van der Waals surface area (Å²) in [5, 5.41) is 18.8. The maximum atomic E-state index is 10.9. The molecule has 0 spiro atoms. The van der Waals surface area contributed by atoms with E-state index in [9.17, 15) is 10.1 Å². The summed E-state index contributed by atoms with van der Waals surface area (Å²) in [6.45, 7) is 3.35. The van der Waals surface area contributed by atoms with Crippen molar-refractivity contribution in [3.63, 3.8) is 0 Å². The predicted molar refractivity (Wildman–Crippen MR) is 129 cm³/mol. The van der Waals surface area contributed by atoms with Crippen molar-refractivity contribution in [2.75, 3.05) is 48.9 Å². The minimum Gasteiger partial charge on any atom is -0.338 e. The molecule has 0 amide bonds. The zero-order valence-corrected chi connectivity index (χ0v) is 18.6. The van der Waals surface area contributed by atoms with Crippen LogP contribution in [-0.4, -0.2) is 64.2 Å². The molecule has 1 aliphatic heterocycles. The van der Waals surface area contributed by atoms with Crippen molar-refractivity contribution < 1.29 is 4.92 Å². The Balaban J connectivity index is 1.56. The second-order valence-electron chi connectivity index (χ2n) is 7.43. The van der Waals surface area contributed by atoms with Gasteiger partial charge in [0, 0.05) is 49.0 Å².